The molecule has 0 atom stereocenters. The van der Waals surface area contributed by atoms with Crippen molar-refractivity contribution < 1.29 is 4.79 Å². The van der Waals surface area contributed by atoms with Gasteiger partial charge >= 0.3 is 0 Å². The second-order valence-corrected chi connectivity index (χ2v) is 9.05. The number of amides is 1. The molecule has 0 saturated heterocycles. The number of carbonyl (C=O) groups excluding carboxylic acids is 1. The maximum atomic E-state index is 12.8. The lowest BCUT2D eigenvalue weighted by molar-refractivity contribution is -0.117. The van der Waals surface area contributed by atoms with E-state index in [2.05, 4.69) is 29.6 Å². The van der Waals surface area contributed by atoms with Crippen LogP contribution in [0.5, 0.6) is 0 Å². The average Bonchev–Trinajstić information content (AvgIpc) is 3.28. The monoisotopic (exact) mass is 403 g/mol. The molecule has 4 nitrogen and oxygen atoms in total. The van der Waals surface area contributed by atoms with Crippen LogP contribution in [-0.4, -0.2) is 15.9 Å². The summed E-state index contributed by atoms with van der Waals surface area (Å²) in [6, 6.07) is 12.5. The Morgan fingerprint density at radius 1 is 1.00 bits per heavy atom. The first kappa shape index (κ1) is 18.5. The molecule has 0 aliphatic heterocycles. The number of fused-ring (bicyclic) bond motifs is 3. The Labute approximate surface area is 175 Å². The molecular formula is C24H25N3OS. The van der Waals surface area contributed by atoms with Gasteiger partial charge in [-0.05, 0) is 48.6 Å². The number of benzene rings is 1. The molecule has 29 heavy (non-hydrogen) atoms. The quantitative estimate of drug-likeness (QED) is 0.592. The van der Waals surface area contributed by atoms with Crippen LogP contribution in [0.3, 0.4) is 0 Å². The predicted molar refractivity (Wildman–Crippen MR) is 118 cm³/mol. The molecule has 2 aromatic heterocycles. The van der Waals surface area contributed by atoms with Crippen LogP contribution in [0.25, 0.3) is 21.8 Å². The number of aromatic nitrogens is 2. The zero-order valence-corrected chi connectivity index (χ0v) is 17.3. The normalized spacial score (nSPS) is 16.1. The molecule has 2 heterocycles. The summed E-state index contributed by atoms with van der Waals surface area (Å²) >= 11 is 1.63. The number of hydrogen-bond acceptors (Lipinski definition) is 4. The first-order valence-corrected chi connectivity index (χ1v) is 11.5. The predicted octanol–water partition coefficient (Wildman–Crippen LogP) is 5.88. The van der Waals surface area contributed by atoms with Gasteiger partial charge in [0.05, 0.1) is 16.3 Å². The van der Waals surface area contributed by atoms with E-state index in [0.717, 1.165) is 47.6 Å². The number of aryl methyl sites for hydroxylation is 2. The Morgan fingerprint density at radius 2 is 1.86 bits per heavy atom. The van der Waals surface area contributed by atoms with Crippen molar-refractivity contribution in [2.75, 3.05) is 5.32 Å². The van der Waals surface area contributed by atoms with E-state index in [1.807, 2.05) is 17.5 Å². The van der Waals surface area contributed by atoms with Gasteiger partial charge in [0.25, 0.3) is 0 Å². The van der Waals surface area contributed by atoms with E-state index < -0.39 is 0 Å². The second-order valence-electron chi connectivity index (χ2n) is 8.11. The average molecular weight is 404 g/mol. The van der Waals surface area contributed by atoms with Crippen LogP contribution < -0.4 is 5.32 Å². The molecule has 0 radical (unpaired) electrons. The van der Waals surface area contributed by atoms with Gasteiger partial charge in [0, 0.05) is 12.0 Å². The third kappa shape index (κ3) is 3.84. The van der Waals surface area contributed by atoms with E-state index in [1.165, 1.54) is 30.4 Å². The number of hydrogen-bond donors (Lipinski definition) is 1. The van der Waals surface area contributed by atoms with Crippen LogP contribution in [0.15, 0.2) is 41.8 Å². The van der Waals surface area contributed by atoms with Crippen LogP contribution in [0.2, 0.25) is 0 Å². The standard InChI is InChI=1S/C24H25N3OS/c28-21(15-16-7-2-1-3-8-16)26-24-23(20-11-6-14-29-20)27-22-18-10-5-4-9-17(18)12-13-19(22)25-24/h4-6,9-11,14,16H,1-3,7-8,12-13,15H2,(H,25,26,28). The molecule has 0 bridgehead atoms. The maximum absolute atomic E-state index is 12.8. The molecule has 1 amide bonds. The van der Waals surface area contributed by atoms with E-state index in [0.29, 0.717) is 18.2 Å². The number of nitrogens with zero attached hydrogens (tertiary/aromatic N) is 2. The van der Waals surface area contributed by atoms with Gasteiger partial charge in [-0.1, -0.05) is 49.6 Å². The topological polar surface area (TPSA) is 54.9 Å². The van der Waals surface area contributed by atoms with Gasteiger partial charge in [-0.3, -0.25) is 4.79 Å². The van der Waals surface area contributed by atoms with E-state index in [-0.39, 0.29) is 5.91 Å². The summed E-state index contributed by atoms with van der Waals surface area (Å²) in [6.45, 7) is 0. The summed E-state index contributed by atoms with van der Waals surface area (Å²) in [5, 5.41) is 5.15. The lowest BCUT2D eigenvalue weighted by Crippen LogP contribution is -2.20. The van der Waals surface area contributed by atoms with Crippen molar-refractivity contribution in [2.24, 2.45) is 5.92 Å². The highest BCUT2D eigenvalue weighted by Gasteiger charge is 2.24. The van der Waals surface area contributed by atoms with E-state index in [9.17, 15) is 4.79 Å². The second kappa shape index (κ2) is 8.07. The zero-order valence-electron chi connectivity index (χ0n) is 16.5. The van der Waals surface area contributed by atoms with Gasteiger partial charge in [0.2, 0.25) is 5.91 Å². The fourth-order valence-electron chi connectivity index (χ4n) is 4.59. The Kier molecular flexibility index (Phi) is 5.15. The summed E-state index contributed by atoms with van der Waals surface area (Å²) in [7, 11) is 0. The smallest absolute Gasteiger partial charge is 0.225 e. The summed E-state index contributed by atoms with van der Waals surface area (Å²) in [5.41, 5.74) is 5.21. The minimum Gasteiger partial charge on any atom is -0.309 e. The third-order valence-electron chi connectivity index (χ3n) is 6.08. The van der Waals surface area contributed by atoms with Crippen molar-refractivity contribution >= 4 is 23.1 Å². The van der Waals surface area contributed by atoms with Gasteiger partial charge in [0.1, 0.15) is 5.69 Å². The van der Waals surface area contributed by atoms with Crippen molar-refractivity contribution in [3.05, 3.63) is 53.0 Å². The molecule has 5 heteroatoms. The fourth-order valence-corrected chi connectivity index (χ4v) is 5.31. The Balaban J connectivity index is 1.49. The molecular weight excluding hydrogens is 378 g/mol. The Morgan fingerprint density at radius 3 is 2.69 bits per heavy atom. The lowest BCUT2D eigenvalue weighted by Gasteiger charge is -2.22. The van der Waals surface area contributed by atoms with Crippen molar-refractivity contribution in [2.45, 2.75) is 51.4 Å². The van der Waals surface area contributed by atoms with E-state index >= 15 is 0 Å². The van der Waals surface area contributed by atoms with Crippen LogP contribution in [0, 0.1) is 5.92 Å². The molecule has 0 spiro atoms. The first-order valence-electron chi connectivity index (χ1n) is 10.6. The highest BCUT2D eigenvalue weighted by molar-refractivity contribution is 7.13. The molecule has 1 aromatic carbocycles. The largest absolute Gasteiger partial charge is 0.309 e. The fraction of sp³-hybridized carbons (Fsp3) is 0.375. The van der Waals surface area contributed by atoms with Gasteiger partial charge < -0.3 is 5.32 Å². The number of carbonyl (C=O) groups is 1. The molecule has 148 valence electrons. The first-order chi connectivity index (χ1) is 14.3. The number of rotatable bonds is 4. The van der Waals surface area contributed by atoms with Gasteiger partial charge in [-0.15, -0.1) is 11.3 Å². The van der Waals surface area contributed by atoms with Crippen LogP contribution in [0.4, 0.5) is 5.82 Å². The minimum atomic E-state index is 0.0696. The molecule has 2 aliphatic carbocycles. The zero-order chi connectivity index (χ0) is 19.6. The van der Waals surface area contributed by atoms with E-state index in [1.54, 1.807) is 11.3 Å². The Bertz CT molecular complexity index is 1020. The third-order valence-corrected chi connectivity index (χ3v) is 6.96. The van der Waals surface area contributed by atoms with Crippen molar-refractivity contribution in [1.82, 2.24) is 9.97 Å². The molecule has 1 N–H and O–H groups in total. The summed E-state index contributed by atoms with van der Waals surface area (Å²) in [4.78, 5) is 23.8. The van der Waals surface area contributed by atoms with Crippen molar-refractivity contribution in [1.29, 1.82) is 0 Å². The molecule has 2 aliphatic rings. The summed E-state index contributed by atoms with van der Waals surface area (Å²) in [6.07, 6.45) is 8.54. The van der Waals surface area contributed by atoms with Gasteiger partial charge in [-0.2, -0.15) is 0 Å². The van der Waals surface area contributed by atoms with Crippen molar-refractivity contribution in [3.63, 3.8) is 0 Å². The van der Waals surface area contributed by atoms with Gasteiger partial charge in [-0.25, -0.2) is 9.97 Å². The lowest BCUT2D eigenvalue weighted by atomic mass is 9.87. The molecule has 0 unspecified atom stereocenters. The van der Waals surface area contributed by atoms with E-state index in [4.69, 9.17) is 9.97 Å². The molecule has 5 rings (SSSR count). The van der Waals surface area contributed by atoms with Crippen LogP contribution in [-0.2, 0) is 17.6 Å². The SMILES string of the molecule is O=C(CC1CCCCC1)Nc1nc2c(nc1-c1cccs1)-c1ccccc1CC2. The van der Waals surface area contributed by atoms with Gasteiger partial charge in [0.15, 0.2) is 5.82 Å². The number of anilines is 1. The Hall–Kier alpha value is -2.53. The minimum absolute atomic E-state index is 0.0696. The molecule has 1 saturated carbocycles. The highest BCUT2D eigenvalue weighted by atomic mass is 32.1. The number of nitrogens with one attached hydrogen (secondary N) is 1. The summed E-state index contributed by atoms with van der Waals surface area (Å²) in [5.74, 6) is 1.19. The van der Waals surface area contributed by atoms with Crippen LogP contribution >= 0.6 is 11.3 Å². The van der Waals surface area contributed by atoms with Crippen molar-refractivity contribution in [3.8, 4) is 21.8 Å². The molecule has 3 aromatic rings. The number of thiophene rings is 1. The molecule has 1 fully saturated rings. The van der Waals surface area contributed by atoms with Crippen LogP contribution in [0.1, 0.15) is 49.8 Å². The highest BCUT2D eigenvalue weighted by Crippen LogP contribution is 2.37. The maximum Gasteiger partial charge on any atom is 0.225 e. The summed E-state index contributed by atoms with van der Waals surface area (Å²) < 4.78 is 0.